The minimum atomic E-state index is -0.157. The maximum absolute atomic E-state index is 12.8. The predicted molar refractivity (Wildman–Crippen MR) is 110 cm³/mol. The third-order valence-corrected chi connectivity index (χ3v) is 5.78. The summed E-state index contributed by atoms with van der Waals surface area (Å²) in [5.74, 6) is 1.50. The number of benzene rings is 1. The van der Waals surface area contributed by atoms with E-state index in [1.165, 1.54) is 12.8 Å². The minimum absolute atomic E-state index is 0.157. The van der Waals surface area contributed by atoms with Gasteiger partial charge in [0.25, 0.3) is 5.91 Å². The lowest BCUT2D eigenvalue weighted by molar-refractivity contribution is 0.0383. The SMILES string of the molecule is CC1CCN(c2nnc(C(=O)NCCN3CCOCC3)c3ccccc23)CC1. The minimum Gasteiger partial charge on any atom is -0.379 e. The average Bonchev–Trinajstić information content (AvgIpc) is 2.74. The van der Waals surface area contributed by atoms with Crippen LogP contribution < -0.4 is 10.2 Å². The van der Waals surface area contributed by atoms with Gasteiger partial charge >= 0.3 is 0 Å². The number of amides is 1. The maximum Gasteiger partial charge on any atom is 0.272 e. The maximum atomic E-state index is 12.8. The number of hydrogen-bond acceptors (Lipinski definition) is 6. The van der Waals surface area contributed by atoms with Crippen molar-refractivity contribution in [3.63, 3.8) is 0 Å². The zero-order valence-corrected chi connectivity index (χ0v) is 16.6. The number of nitrogens with one attached hydrogen (secondary N) is 1. The van der Waals surface area contributed by atoms with Crippen molar-refractivity contribution in [2.45, 2.75) is 19.8 Å². The molecule has 4 rings (SSSR count). The first-order chi connectivity index (χ1) is 13.7. The molecule has 7 heteroatoms. The van der Waals surface area contributed by atoms with E-state index in [0.29, 0.717) is 12.2 Å². The van der Waals surface area contributed by atoms with Gasteiger partial charge < -0.3 is 15.0 Å². The van der Waals surface area contributed by atoms with E-state index in [-0.39, 0.29) is 5.91 Å². The lowest BCUT2D eigenvalue weighted by atomic mass is 9.99. The average molecular weight is 383 g/mol. The number of fused-ring (bicyclic) bond motifs is 1. The summed E-state index contributed by atoms with van der Waals surface area (Å²) in [5, 5.41) is 13.7. The molecule has 7 nitrogen and oxygen atoms in total. The normalized spacial score (nSPS) is 19.1. The van der Waals surface area contributed by atoms with Crippen LogP contribution in [0.3, 0.4) is 0 Å². The molecular weight excluding hydrogens is 354 g/mol. The van der Waals surface area contributed by atoms with Crippen molar-refractivity contribution in [2.24, 2.45) is 5.92 Å². The standard InChI is InChI=1S/C21H29N5O2/c1-16-6-9-26(10-7-16)20-18-5-3-2-4-17(18)19(23-24-20)21(27)22-8-11-25-12-14-28-15-13-25/h2-5,16H,6-15H2,1H3,(H,22,27). The van der Waals surface area contributed by atoms with Crippen molar-refractivity contribution in [3.8, 4) is 0 Å². The van der Waals surface area contributed by atoms with E-state index in [2.05, 4.69) is 32.2 Å². The third-order valence-electron chi connectivity index (χ3n) is 5.78. The van der Waals surface area contributed by atoms with E-state index in [0.717, 1.165) is 68.4 Å². The number of carbonyl (C=O) groups excluding carboxylic acids is 1. The van der Waals surface area contributed by atoms with Crippen molar-refractivity contribution < 1.29 is 9.53 Å². The summed E-state index contributed by atoms with van der Waals surface area (Å²) < 4.78 is 5.36. The van der Waals surface area contributed by atoms with Crippen LogP contribution in [0.5, 0.6) is 0 Å². The van der Waals surface area contributed by atoms with Crippen molar-refractivity contribution >= 4 is 22.5 Å². The molecule has 1 aromatic heterocycles. The summed E-state index contributed by atoms with van der Waals surface area (Å²) in [5.41, 5.74) is 0.409. The first-order valence-electron chi connectivity index (χ1n) is 10.3. The van der Waals surface area contributed by atoms with Crippen LogP contribution in [-0.2, 0) is 4.74 Å². The Morgan fingerprint density at radius 3 is 2.57 bits per heavy atom. The number of hydrogen-bond donors (Lipinski definition) is 1. The lowest BCUT2D eigenvalue weighted by Crippen LogP contribution is -2.41. The molecule has 28 heavy (non-hydrogen) atoms. The van der Waals surface area contributed by atoms with E-state index in [1.54, 1.807) is 0 Å². The molecule has 0 saturated carbocycles. The Hall–Kier alpha value is -2.25. The fourth-order valence-electron chi connectivity index (χ4n) is 3.95. The van der Waals surface area contributed by atoms with Crippen LogP contribution in [0.25, 0.3) is 10.8 Å². The molecular formula is C21H29N5O2. The van der Waals surface area contributed by atoms with Gasteiger partial charge in [0.1, 0.15) is 0 Å². The third kappa shape index (κ3) is 4.25. The number of piperidine rings is 1. The van der Waals surface area contributed by atoms with Gasteiger partial charge in [-0.15, -0.1) is 10.2 Å². The van der Waals surface area contributed by atoms with Crippen LogP contribution in [0, 0.1) is 5.92 Å². The number of morpholine rings is 1. The summed E-state index contributed by atoms with van der Waals surface area (Å²) in [7, 11) is 0. The smallest absolute Gasteiger partial charge is 0.272 e. The van der Waals surface area contributed by atoms with Crippen molar-refractivity contribution in [2.75, 3.05) is 57.4 Å². The Morgan fingerprint density at radius 1 is 1.11 bits per heavy atom. The van der Waals surface area contributed by atoms with Crippen LogP contribution in [0.2, 0.25) is 0 Å². The molecule has 1 amide bonds. The second kappa shape index (κ2) is 8.84. The Bertz CT molecular complexity index is 814. The van der Waals surface area contributed by atoms with Crippen molar-refractivity contribution in [1.82, 2.24) is 20.4 Å². The quantitative estimate of drug-likeness (QED) is 0.851. The van der Waals surface area contributed by atoms with Gasteiger partial charge in [0.2, 0.25) is 0 Å². The molecule has 2 saturated heterocycles. The number of anilines is 1. The first kappa shape index (κ1) is 19.1. The molecule has 0 unspecified atom stereocenters. The van der Waals surface area contributed by atoms with Gasteiger partial charge in [-0.3, -0.25) is 9.69 Å². The Balaban J connectivity index is 1.48. The summed E-state index contributed by atoms with van der Waals surface area (Å²) in [4.78, 5) is 17.4. The van der Waals surface area contributed by atoms with Gasteiger partial charge in [-0.1, -0.05) is 31.2 Å². The van der Waals surface area contributed by atoms with E-state index in [9.17, 15) is 4.79 Å². The lowest BCUT2D eigenvalue weighted by Gasteiger charge is -2.31. The largest absolute Gasteiger partial charge is 0.379 e. The van der Waals surface area contributed by atoms with Gasteiger partial charge in [0.05, 0.1) is 13.2 Å². The predicted octanol–water partition coefficient (Wildman–Crippen LogP) is 1.93. The Kier molecular flexibility index (Phi) is 6.02. The van der Waals surface area contributed by atoms with Gasteiger partial charge in [0.15, 0.2) is 11.5 Å². The summed E-state index contributed by atoms with van der Waals surface area (Å²) >= 11 is 0. The zero-order chi connectivity index (χ0) is 19.3. The number of carbonyl (C=O) groups is 1. The molecule has 1 aromatic carbocycles. The highest BCUT2D eigenvalue weighted by Gasteiger charge is 2.22. The molecule has 0 bridgehead atoms. The molecule has 2 aromatic rings. The molecule has 0 atom stereocenters. The van der Waals surface area contributed by atoms with Gasteiger partial charge in [-0.25, -0.2) is 0 Å². The summed E-state index contributed by atoms with van der Waals surface area (Å²) in [6.07, 6.45) is 2.33. The fourth-order valence-corrected chi connectivity index (χ4v) is 3.95. The Morgan fingerprint density at radius 2 is 1.82 bits per heavy atom. The monoisotopic (exact) mass is 383 g/mol. The van der Waals surface area contributed by atoms with Crippen LogP contribution >= 0.6 is 0 Å². The van der Waals surface area contributed by atoms with Crippen LogP contribution in [0.4, 0.5) is 5.82 Å². The van der Waals surface area contributed by atoms with E-state index in [1.807, 2.05) is 24.3 Å². The van der Waals surface area contributed by atoms with Crippen LogP contribution in [0.15, 0.2) is 24.3 Å². The molecule has 1 N–H and O–H groups in total. The molecule has 0 spiro atoms. The summed E-state index contributed by atoms with van der Waals surface area (Å²) in [6, 6.07) is 7.97. The van der Waals surface area contributed by atoms with Crippen LogP contribution in [0.1, 0.15) is 30.3 Å². The molecule has 2 aliphatic rings. The second-order valence-electron chi connectivity index (χ2n) is 7.80. The Labute approximate surface area is 166 Å². The highest BCUT2D eigenvalue weighted by molar-refractivity contribution is 6.07. The highest BCUT2D eigenvalue weighted by Crippen LogP contribution is 2.29. The van der Waals surface area contributed by atoms with Gasteiger partial charge in [-0.05, 0) is 18.8 Å². The second-order valence-corrected chi connectivity index (χ2v) is 7.80. The number of rotatable bonds is 5. The van der Waals surface area contributed by atoms with E-state index >= 15 is 0 Å². The first-order valence-corrected chi connectivity index (χ1v) is 10.3. The van der Waals surface area contributed by atoms with Crippen molar-refractivity contribution in [1.29, 1.82) is 0 Å². The van der Waals surface area contributed by atoms with E-state index in [4.69, 9.17) is 4.74 Å². The topological polar surface area (TPSA) is 70.6 Å². The number of nitrogens with zero attached hydrogens (tertiary/aromatic N) is 4. The van der Waals surface area contributed by atoms with Gasteiger partial charge in [0, 0.05) is 50.0 Å². The number of ether oxygens (including phenoxy) is 1. The fraction of sp³-hybridized carbons (Fsp3) is 0.571. The molecule has 3 heterocycles. The van der Waals surface area contributed by atoms with E-state index < -0.39 is 0 Å². The molecule has 150 valence electrons. The van der Waals surface area contributed by atoms with Crippen LogP contribution in [-0.4, -0.2) is 73.5 Å². The molecule has 2 aliphatic heterocycles. The summed E-state index contributed by atoms with van der Waals surface area (Å²) in [6.45, 7) is 9.07. The van der Waals surface area contributed by atoms with Crippen molar-refractivity contribution in [3.05, 3.63) is 30.0 Å². The number of aromatic nitrogens is 2. The highest BCUT2D eigenvalue weighted by atomic mass is 16.5. The zero-order valence-electron chi connectivity index (χ0n) is 16.6. The van der Waals surface area contributed by atoms with Gasteiger partial charge in [-0.2, -0.15) is 0 Å². The molecule has 2 fully saturated rings. The molecule has 0 aliphatic carbocycles. The molecule has 0 radical (unpaired) electrons.